The number of benzene rings is 3. The first kappa shape index (κ1) is 32.4. The maximum Gasteiger partial charge on any atom is 0.416 e. The van der Waals surface area contributed by atoms with Crippen molar-refractivity contribution in [2.75, 3.05) is 23.3 Å². The van der Waals surface area contributed by atoms with Gasteiger partial charge in [0.25, 0.3) is 0 Å². The number of anilines is 2. The normalized spacial score (nSPS) is 21.8. The van der Waals surface area contributed by atoms with E-state index in [1.54, 1.807) is 11.9 Å². The lowest BCUT2D eigenvalue weighted by Gasteiger charge is -2.40. The number of alkyl halides is 3. The van der Waals surface area contributed by atoms with E-state index >= 15 is 0 Å². The molecule has 4 atom stereocenters. The van der Waals surface area contributed by atoms with E-state index in [9.17, 15) is 22.4 Å². The number of nitrogens with zero attached hydrogens (tertiary/aromatic N) is 3. The summed E-state index contributed by atoms with van der Waals surface area (Å²) >= 11 is 1.61. The fourth-order valence-electron chi connectivity index (χ4n) is 6.37. The van der Waals surface area contributed by atoms with Crippen LogP contribution in [0.5, 0.6) is 0 Å². The summed E-state index contributed by atoms with van der Waals surface area (Å²) in [6.45, 7) is 4.65. The molecule has 0 bridgehead atoms. The highest BCUT2D eigenvalue weighted by atomic mass is 32.2. The second kappa shape index (κ2) is 12.9. The minimum atomic E-state index is -4.67. The molecule has 46 heavy (non-hydrogen) atoms. The summed E-state index contributed by atoms with van der Waals surface area (Å²) in [5.41, 5.74) is 2.79. The first-order chi connectivity index (χ1) is 21.9. The van der Waals surface area contributed by atoms with Crippen LogP contribution in [-0.2, 0) is 22.8 Å². The molecule has 0 aliphatic heterocycles. The van der Waals surface area contributed by atoms with E-state index in [0.29, 0.717) is 25.0 Å². The maximum absolute atomic E-state index is 14.6. The third kappa shape index (κ3) is 7.05. The van der Waals surface area contributed by atoms with Crippen molar-refractivity contribution in [3.8, 4) is 0 Å². The molecule has 6 nitrogen and oxygen atoms in total. The number of aromatic nitrogens is 2. The summed E-state index contributed by atoms with van der Waals surface area (Å²) in [5.74, 6) is -0.614. The first-order valence-electron chi connectivity index (χ1n) is 15.6. The Kier molecular flexibility index (Phi) is 9.08. The van der Waals surface area contributed by atoms with Crippen LogP contribution in [0.25, 0.3) is 11.0 Å². The molecular weight excluding hydrogens is 616 g/mol. The first-order valence-corrected chi connectivity index (χ1v) is 16.4. The molecule has 1 heterocycles. The van der Waals surface area contributed by atoms with Crippen molar-refractivity contribution in [2.45, 2.75) is 62.6 Å². The van der Waals surface area contributed by atoms with E-state index in [0.717, 1.165) is 64.4 Å². The number of nitrogens with one attached hydrogen (secondary N) is 1. The average Bonchev–Trinajstić information content (AvgIpc) is 3.81. The van der Waals surface area contributed by atoms with Crippen LogP contribution in [0.2, 0.25) is 0 Å². The van der Waals surface area contributed by atoms with Crippen LogP contribution in [0.3, 0.4) is 0 Å². The van der Waals surface area contributed by atoms with Crippen LogP contribution >= 0.6 is 11.9 Å². The second-order valence-electron chi connectivity index (χ2n) is 12.7. The number of fused-ring (bicyclic) bond motifs is 1. The third-order valence-electron chi connectivity index (χ3n) is 9.46. The smallest absolute Gasteiger partial charge is 0.378 e. The Hall–Kier alpha value is -3.57. The molecule has 2 aliphatic rings. The molecule has 2 fully saturated rings. The van der Waals surface area contributed by atoms with Crippen molar-refractivity contribution >= 4 is 40.3 Å². The van der Waals surface area contributed by atoms with Gasteiger partial charge in [-0.3, -0.25) is 4.79 Å². The van der Waals surface area contributed by atoms with Crippen molar-refractivity contribution in [1.29, 1.82) is 0 Å². The maximum atomic E-state index is 14.6. The Morgan fingerprint density at radius 3 is 2.50 bits per heavy atom. The van der Waals surface area contributed by atoms with Crippen LogP contribution in [0, 0.1) is 30.5 Å². The zero-order valence-electron chi connectivity index (χ0n) is 26.3. The number of halogens is 4. The van der Waals surface area contributed by atoms with Gasteiger partial charge in [-0.05, 0) is 116 Å². The predicted octanol–water partition coefficient (Wildman–Crippen LogP) is 8.75. The largest absolute Gasteiger partial charge is 0.416 e. The van der Waals surface area contributed by atoms with E-state index in [1.165, 1.54) is 0 Å². The molecule has 3 unspecified atom stereocenters. The van der Waals surface area contributed by atoms with Crippen molar-refractivity contribution in [3.05, 3.63) is 83.4 Å². The molecule has 1 amide bonds. The van der Waals surface area contributed by atoms with Crippen molar-refractivity contribution in [3.63, 3.8) is 0 Å². The lowest BCUT2D eigenvalue weighted by Crippen LogP contribution is -2.40. The van der Waals surface area contributed by atoms with Gasteiger partial charge < -0.3 is 18.9 Å². The summed E-state index contributed by atoms with van der Waals surface area (Å²) in [6, 6.07) is 16.8. The number of ether oxygens (including phenoxy) is 1. The molecule has 0 saturated heterocycles. The highest BCUT2D eigenvalue weighted by molar-refractivity contribution is 8.00. The highest BCUT2D eigenvalue weighted by Crippen LogP contribution is 2.44. The van der Waals surface area contributed by atoms with E-state index in [2.05, 4.69) is 61.6 Å². The lowest BCUT2D eigenvalue weighted by molar-refractivity contribution is -0.137. The summed E-state index contributed by atoms with van der Waals surface area (Å²) in [6.07, 6.45) is -1.32. The minimum absolute atomic E-state index is 0.00738. The number of imidazole rings is 1. The van der Waals surface area contributed by atoms with E-state index in [4.69, 9.17) is 4.74 Å². The summed E-state index contributed by atoms with van der Waals surface area (Å²) < 4.78 is 64.2. The minimum Gasteiger partial charge on any atom is -0.378 e. The van der Waals surface area contributed by atoms with Gasteiger partial charge in [0.2, 0.25) is 5.91 Å². The standard InChI is InChI=1S/C35H38F4N4O2S/c1-20-28(23-7-10-25(11-8-23)43(4)46-27-12-14-33-32(18-27)40-21(2)42(33)3)16-26(45-19-22-5-6-22)17-29(20)34(44)41-31-13-9-24(15-30(31)36)35(37,38)39/h7-15,18,20,22,26,28-29H,5-6,16-17,19H2,1-4H3,(H,41,44)/t20-,26?,28?,29?/m1/s1. The molecule has 2 aliphatic carbocycles. The van der Waals surface area contributed by atoms with Crippen LogP contribution in [0.4, 0.5) is 28.9 Å². The quantitative estimate of drug-likeness (QED) is 0.145. The predicted molar refractivity (Wildman–Crippen MR) is 173 cm³/mol. The Morgan fingerprint density at radius 2 is 1.83 bits per heavy atom. The fraction of sp³-hybridized carbons (Fsp3) is 0.429. The van der Waals surface area contributed by atoms with E-state index in [1.807, 2.05) is 27.9 Å². The SMILES string of the molecule is Cc1nc2cc(SN(C)c3ccc(C4CC(OCC5CC5)CC(C(=O)Nc5ccc(C(F)(F)F)cc5F)[C@@H]4C)cc3)ccc2n1C. The van der Waals surface area contributed by atoms with Crippen LogP contribution in [0.1, 0.15) is 55.5 Å². The average molecular weight is 655 g/mol. The fourth-order valence-corrected chi connectivity index (χ4v) is 7.20. The monoisotopic (exact) mass is 654 g/mol. The van der Waals surface area contributed by atoms with Gasteiger partial charge in [-0.25, -0.2) is 9.37 Å². The topological polar surface area (TPSA) is 59.4 Å². The number of hydrogen-bond donors (Lipinski definition) is 1. The second-order valence-corrected chi connectivity index (χ2v) is 13.9. The summed E-state index contributed by atoms with van der Waals surface area (Å²) in [4.78, 5) is 19.3. The van der Waals surface area contributed by atoms with Crippen LogP contribution in [0.15, 0.2) is 65.6 Å². The molecule has 4 aromatic rings. The zero-order chi connectivity index (χ0) is 32.7. The van der Waals surface area contributed by atoms with E-state index in [-0.39, 0.29) is 23.6 Å². The lowest BCUT2D eigenvalue weighted by atomic mass is 9.68. The molecule has 0 radical (unpaired) electrons. The van der Waals surface area contributed by atoms with Gasteiger partial charge in [0, 0.05) is 37.2 Å². The molecule has 1 aromatic heterocycles. The zero-order valence-corrected chi connectivity index (χ0v) is 27.1. The van der Waals surface area contributed by atoms with Crippen molar-refractivity contribution in [1.82, 2.24) is 9.55 Å². The van der Waals surface area contributed by atoms with E-state index < -0.39 is 29.4 Å². The Morgan fingerprint density at radius 1 is 1.09 bits per heavy atom. The molecule has 2 saturated carbocycles. The van der Waals surface area contributed by atoms with Gasteiger partial charge in [-0.2, -0.15) is 13.2 Å². The summed E-state index contributed by atoms with van der Waals surface area (Å²) in [5, 5.41) is 2.57. The molecule has 244 valence electrons. The van der Waals surface area contributed by atoms with Gasteiger partial charge in [0.15, 0.2) is 0 Å². The summed E-state index contributed by atoms with van der Waals surface area (Å²) in [7, 11) is 4.02. The van der Waals surface area contributed by atoms with Gasteiger partial charge in [0.05, 0.1) is 28.4 Å². The van der Waals surface area contributed by atoms with Gasteiger partial charge in [-0.1, -0.05) is 19.1 Å². The number of amides is 1. The molecule has 11 heteroatoms. The third-order valence-corrected chi connectivity index (χ3v) is 10.4. The molecule has 3 aromatic carbocycles. The number of carbonyl (C=O) groups is 1. The Bertz CT molecular complexity index is 1720. The number of aryl methyl sites for hydroxylation is 2. The number of hydrogen-bond acceptors (Lipinski definition) is 5. The van der Waals surface area contributed by atoms with Gasteiger partial charge in [0.1, 0.15) is 11.6 Å². The van der Waals surface area contributed by atoms with Crippen molar-refractivity contribution < 1.29 is 27.1 Å². The Balaban J connectivity index is 1.17. The molecular formula is C35H38F4N4O2S. The Labute approximate surface area is 270 Å². The van der Waals surface area contributed by atoms with Gasteiger partial charge in [-0.15, -0.1) is 0 Å². The van der Waals surface area contributed by atoms with Crippen LogP contribution in [-0.4, -0.2) is 35.2 Å². The van der Waals surface area contributed by atoms with Gasteiger partial charge >= 0.3 is 6.18 Å². The molecule has 6 rings (SSSR count). The molecule has 1 N–H and O–H groups in total. The number of rotatable bonds is 9. The van der Waals surface area contributed by atoms with Crippen LogP contribution < -0.4 is 9.62 Å². The van der Waals surface area contributed by atoms with Crippen molar-refractivity contribution in [2.24, 2.45) is 24.8 Å². The number of carbonyl (C=O) groups excluding carboxylic acids is 1. The highest BCUT2D eigenvalue weighted by Gasteiger charge is 2.41. The molecule has 0 spiro atoms.